The van der Waals surface area contributed by atoms with Crippen molar-refractivity contribution in [1.29, 1.82) is 0 Å². The molecule has 0 unspecified atom stereocenters. The molecule has 3 heterocycles. The smallest absolute Gasteiger partial charge is 0.193 e. The molecule has 2 aromatic heterocycles. The Morgan fingerprint density at radius 3 is 1.76 bits per heavy atom. The Kier molecular flexibility index (Phi) is 2.43. The highest BCUT2D eigenvalue weighted by Crippen LogP contribution is 2.16. The molecule has 2 aromatic rings. The first-order valence-electron chi connectivity index (χ1n) is 6.24. The molecular weight excluding hydrogens is 208 g/mol. The molecule has 17 heavy (non-hydrogen) atoms. The van der Waals surface area contributed by atoms with Gasteiger partial charge in [0.2, 0.25) is 0 Å². The SMILES string of the molecule is Cc1cc[n+]2c(c1)-c1cc(C)cc[n+]1CCC2. The van der Waals surface area contributed by atoms with E-state index in [2.05, 4.69) is 59.6 Å². The second kappa shape index (κ2) is 3.95. The normalized spacial score (nSPS) is 13.8. The molecule has 1 aliphatic heterocycles. The first kappa shape index (κ1) is 10.5. The van der Waals surface area contributed by atoms with Crippen LogP contribution in [-0.4, -0.2) is 0 Å². The van der Waals surface area contributed by atoms with Gasteiger partial charge in [-0.2, -0.15) is 9.13 Å². The van der Waals surface area contributed by atoms with Gasteiger partial charge in [0.05, 0.1) is 6.42 Å². The molecule has 3 rings (SSSR count). The minimum atomic E-state index is 1.11. The number of nitrogens with zero attached hydrogens (tertiary/aromatic N) is 2. The Morgan fingerprint density at radius 2 is 1.29 bits per heavy atom. The molecule has 0 spiro atoms. The number of rotatable bonds is 0. The van der Waals surface area contributed by atoms with Crippen LogP contribution in [0.4, 0.5) is 0 Å². The van der Waals surface area contributed by atoms with Crippen LogP contribution in [0.2, 0.25) is 0 Å². The summed E-state index contributed by atoms with van der Waals surface area (Å²) in [7, 11) is 0. The third kappa shape index (κ3) is 1.84. The van der Waals surface area contributed by atoms with Gasteiger partial charge in [-0.1, -0.05) is 0 Å². The van der Waals surface area contributed by atoms with Crippen molar-refractivity contribution in [2.45, 2.75) is 33.4 Å². The van der Waals surface area contributed by atoms with Crippen molar-refractivity contribution in [3.05, 3.63) is 47.8 Å². The fraction of sp³-hybridized carbons (Fsp3) is 0.333. The first-order chi connectivity index (χ1) is 8.24. The van der Waals surface area contributed by atoms with Crippen LogP contribution in [0, 0.1) is 13.8 Å². The predicted octanol–water partition coefficient (Wildman–Crippen LogP) is 1.95. The van der Waals surface area contributed by atoms with E-state index in [1.807, 2.05) is 0 Å². The van der Waals surface area contributed by atoms with Crippen LogP contribution in [0.5, 0.6) is 0 Å². The quantitative estimate of drug-likeness (QED) is 0.607. The van der Waals surface area contributed by atoms with Crippen LogP contribution in [0.25, 0.3) is 11.4 Å². The van der Waals surface area contributed by atoms with Crippen LogP contribution in [-0.2, 0) is 13.1 Å². The summed E-state index contributed by atoms with van der Waals surface area (Å²) in [5.41, 5.74) is 5.33. The van der Waals surface area contributed by atoms with E-state index in [1.54, 1.807) is 0 Å². The molecule has 0 bridgehead atoms. The maximum atomic E-state index is 2.37. The minimum absolute atomic E-state index is 1.11. The lowest BCUT2D eigenvalue weighted by Crippen LogP contribution is -2.37. The molecule has 0 radical (unpaired) electrons. The highest BCUT2D eigenvalue weighted by molar-refractivity contribution is 5.49. The highest BCUT2D eigenvalue weighted by atomic mass is 15.1. The number of aromatic nitrogens is 2. The van der Waals surface area contributed by atoms with Crippen LogP contribution in [0.3, 0.4) is 0 Å². The summed E-state index contributed by atoms with van der Waals surface area (Å²) >= 11 is 0. The van der Waals surface area contributed by atoms with Crippen LogP contribution in [0.15, 0.2) is 36.7 Å². The van der Waals surface area contributed by atoms with Gasteiger partial charge in [-0.25, -0.2) is 0 Å². The zero-order valence-corrected chi connectivity index (χ0v) is 10.5. The minimum Gasteiger partial charge on any atom is -0.193 e. The third-order valence-electron chi connectivity index (χ3n) is 3.44. The van der Waals surface area contributed by atoms with E-state index in [1.165, 1.54) is 28.9 Å². The lowest BCUT2D eigenvalue weighted by Gasteiger charge is -2.01. The van der Waals surface area contributed by atoms with E-state index < -0.39 is 0 Å². The van der Waals surface area contributed by atoms with E-state index in [9.17, 15) is 0 Å². The van der Waals surface area contributed by atoms with Crippen LogP contribution < -0.4 is 9.13 Å². The standard InChI is InChI=1S/C15H18N2/c1-12-4-8-16-6-3-7-17-9-5-13(2)11-15(17)14(16)10-12/h4-5,8-11H,3,6-7H2,1-2H3/q+2. The maximum Gasteiger partial charge on any atom is 0.277 e. The molecule has 0 fully saturated rings. The van der Waals surface area contributed by atoms with Crippen LogP contribution in [0.1, 0.15) is 17.5 Å². The molecule has 0 aromatic carbocycles. The lowest BCUT2D eigenvalue weighted by molar-refractivity contribution is -0.688. The summed E-state index contributed by atoms with van der Waals surface area (Å²) in [5.74, 6) is 0. The molecule has 0 atom stereocenters. The Balaban J connectivity index is 2.28. The number of hydrogen-bond acceptors (Lipinski definition) is 0. The van der Waals surface area contributed by atoms with Crippen molar-refractivity contribution < 1.29 is 9.13 Å². The Morgan fingerprint density at radius 1 is 0.824 bits per heavy atom. The molecular formula is C15H18N2+2. The number of hydrogen-bond donors (Lipinski definition) is 0. The zero-order chi connectivity index (χ0) is 11.8. The summed E-state index contributed by atoms with van der Waals surface area (Å²) < 4.78 is 4.73. The second-order valence-electron chi connectivity index (χ2n) is 4.92. The monoisotopic (exact) mass is 226 g/mol. The predicted molar refractivity (Wildman–Crippen MR) is 66.4 cm³/mol. The van der Waals surface area contributed by atoms with Crippen molar-refractivity contribution in [1.82, 2.24) is 0 Å². The van der Waals surface area contributed by atoms with Gasteiger partial charge in [0.1, 0.15) is 0 Å². The van der Waals surface area contributed by atoms with E-state index in [0.29, 0.717) is 0 Å². The van der Waals surface area contributed by atoms with E-state index in [4.69, 9.17) is 0 Å². The zero-order valence-electron chi connectivity index (χ0n) is 10.5. The Labute approximate surface area is 102 Å². The van der Waals surface area contributed by atoms with Gasteiger partial charge in [0, 0.05) is 24.3 Å². The topological polar surface area (TPSA) is 7.76 Å². The van der Waals surface area contributed by atoms with Crippen molar-refractivity contribution in [3.8, 4) is 11.4 Å². The largest absolute Gasteiger partial charge is 0.277 e. The fourth-order valence-electron chi connectivity index (χ4n) is 2.51. The molecule has 0 amide bonds. The average Bonchev–Trinajstić information content (AvgIpc) is 2.48. The van der Waals surface area contributed by atoms with Gasteiger partial charge in [0.15, 0.2) is 25.5 Å². The van der Waals surface area contributed by atoms with Crippen molar-refractivity contribution in [2.24, 2.45) is 0 Å². The summed E-state index contributed by atoms with van der Waals surface area (Å²) in [6, 6.07) is 8.96. The Hall–Kier alpha value is -1.70. The number of fused-ring (bicyclic) bond motifs is 3. The highest BCUT2D eigenvalue weighted by Gasteiger charge is 2.26. The fourth-order valence-corrected chi connectivity index (χ4v) is 2.51. The van der Waals surface area contributed by atoms with E-state index >= 15 is 0 Å². The van der Waals surface area contributed by atoms with Gasteiger partial charge >= 0.3 is 0 Å². The molecule has 1 aliphatic rings. The molecule has 0 saturated carbocycles. The molecule has 2 heteroatoms. The van der Waals surface area contributed by atoms with Crippen molar-refractivity contribution >= 4 is 0 Å². The lowest BCUT2D eigenvalue weighted by atomic mass is 10.1. The van der Waals surface area contributed by atoms with Gasteiger partial charge in [0.25, 0.3) is 11.4 Å². The van der Waals surface area contributed by atoms with E-state index in [-0.39, 0.29) is 0 Å². The molecule has 2 nitrogen and oxygen atoms in total. The third-order valence-corrected chi connectivity index (χ3v) is 3.44. The van der Waals surface area contributed by atoms with Crippen LogP contribution >= 0.6 is 0 Å². The molecule has 86 valence electrons. The summed E-state index contributed by atoms with van der Waals surface area (Å²) in [6.07, 6.45) is 5.62. The first-order valence-corrected chi connectivity index (χ1v) is 6.24. The maximum absolute atomic E-state index is 2.37. The van der Waals surface area contributed by atoms with E-state index in [0.717, 1.165) is 13.1 Å². The number of aryl methyl sites for hydroxylation is 4. The molecule has 0 aliphatic carbocycles. The number of pyridine rings is 2. The summed E-state index contributed by atoms with van der Waals surface area (Å²) in [4.78, 5) is 0. The average molecular weight is 226 g/mol. The van der Waals surface area contributed by atoms with Crippen molar-refractivity contribution in [2.75, 3.05) is 0 Å². The van der Waals surface area contributed by atoms with Crippen molar-refractivity contribution in [3.63, 3.8) is 0 Å². The molecule has 0 saturated heterocycles. The second-order valence-corrected chi connectivity index (χ2v) is 4.92. The Bertz CT molecular complexity index is 522. The van der Waals surface area contributed by atoms with Gasteiger partial charge in [-0.3, -0.25) is 0 Å². The van der Waals surface area contributed by atoms with Gasteiger partial charge in [-0.05, 0) is 25.0 Å². The summed E-state index contributed by atoms with van der Waals surface area (Å²) in [6.45, 7) is 6.53. The molecule has 0 N–H and O–H groups in total. The summed E-state index contributed by atoms with van der Waals surface area (Å²) in [5, 5.41) is 0. The van der Waals surface area contributed by atoms with Gasteiger partial charge in [-0.15, -0.1) is 0 Å². The van der Waals surface area contributed by atoms with Gasteiger partial charge < -0.3 is 0 Å².